The minimum absolute atomic E-state index is 0.109. The minimum Gasteiger partial charge on any atom is -0.467 e. The molecule has 1 unspecified atom stereocenters. The predicted octanol–water partition coefficient (Wildman–Crippen LogP) is 3.04. The second-order valence-electron chi connectivity index (χ2n) is 6.06. The van der Waals surface area contributed by atoms with Crippen LogP contribution in [0.3, 0.4) is 0 Å². The van der Waals surface area contributed by atoms with Crippen molar-refractivity contribution in [3.8, 4) is 0 Å². The Morgan fingerprint density at radius 1 is 1.36 bits per heavy atom. The summed E-state index contributed by atoms with van der Waals surface area (Å²) in [6.07, 6.45) is 2.84. The van der Waals surface area contributed by atoms with Gasteiger partial charge in [0, 0.05) is 6.54 Å². The molecule has 2 heterocycles. The summed E-state index contributed by atoms with van der Waals surface area (Å²) in [4.78, 5) is 26.3. The first-order chi connectivity index (χ1) is 12.0. The van der Waals surface area contributed by atoms with Crippen LogP contribution in [0.25, 0.3) is 0 Å². The molecule has 0 aliphatic carbocycles. The highest BCUT2D eigenvalue weighted by atomic mass is 19.1. The number of urea groups is 1. The van der Waals surface area contributed by atoms with Crippen LogP contribution in [0.1, 0.15) is 24.2 Å². The lowest BCUT2D eigenvalue weighted by molar-refractivity contribution is -0.124. The Hall–Kier alpha value is -2.83. The number of nitrogens with one attached hydrogen (secondary N) is 2. The quantitative estimate of drug-likeness (QED) is 0.894. The molecular formula is C18H20FN3O3. The highest BCUT2D eigenvalue weighted by molar-refractivity contribution is 5.94. The van der Waals surface area contributed by atoms with E-state index in [1.807, 2.05) is 0 Å². The molecule has 1 aromatic heterocycles. The molecule has 132 valence electrons. The number of amides is 3. The van der Waals surface area contributed by atoms with Crippen LogP contribution in [0.4, 0.5) is 14.9 Å². The van der Waals surface area contributed by atoms with Gasteiger partial charge in [-0.2, -0.15) is 0 Å². The molecule has 25 heavy (non-hydrogen) atoms. The van der Waals surface area contributed by atoms with Gasteiger partial charge in [0.2, 0.25) is 5.91 Å². The molecule has 1 aromatic carbocycles. The number of carbonyl (C=O) groups is 2. The van der Waals surface area contributed by atoms with Crippen LogP contribution in [-0.4, -0.2) is 29.4 Å². The molecule has 1 aliphatic heterocycles. The average molecular weight is 345 g/mol. The van der Waals surface area contributed by atoms with E-state index in [1.54, 1.807) is 25.1 Å². The number of aryl methyl sites for hydroxylation is 1. The van der Waals surface area contributed by atoms with Crippen molar-refractivity contribution in [3.05, 3.63) is 53.7 Å². The number of benzene rings is 1. The molecule has 3 amide bonds. The van der Waals surface area contributed by atoms with Crippen LogP contribution >= 0.6 is 0 Å². The maximum atomic E-state index is 13.9. The summed E-state index contributed by atoms with van der Waals surface area (Å²) in [5, 5.41) is 5.31. The van der Waals surface area contributed by atoms with E-state index in [4.69, 9.17) is 4.42 Å². The van der Waals surface area contributed by atoms with E-state index in [0.717, 1.165) is 12.0 Å². The number of carbonyl (C=O) groups excluding carboxylic acids is 2. The normalized spacial score (nSPS) is 16.7. The first kappa shape index (κ1) is 17.0. The van der Waals surface area contributed by atoms with Crippen LogP contribution in [0.15, 0.2) is 41.0 Å². The SMILES string of the molecule is Cc1ccc(NC(=O)N2CCCC2C(=O)NCc2ccco2)c(F)c1. The van der Waals surface area contributed by atoms with Crippen molar-refractivity contribution in [2.75, 3.05) is 11.9 Å². The van der Waals surface area contributed by atoms with Gasteiger partial charge in [0.15, 0.2) is 0 Å². The number of hydrogen-bond acceptors (Lipinski definition) is 3. The van der Waals surface area contributed by atoms with Gasteiger partial charge in [-0.15, -0.1) is 0 Å². The van der Waals surface area contributed by atoms with Crippen molar-refractivity contribution < 1.29 is 18.4 Å². The Morgan fingerprint density at radius 3 is 2.92 bits per heavy atom. The molecule has 1 atom stereocenters. The highest BCUT2D eigenvalue weighted by Gasteiger charge is 2.34. The molecule has 0 bridgehead atoms. The molecule has 0 spiro atoms. The zero-order chi connectivity index (χ0) is 17.8. The number of hydrogen-bond donors (Lipinski definition) is 2. The molecule has 2 N–H and O–H groups in total. The van der Waals surface area contributed by atoms with Crippen LogP contribution in [0.5, 0.6) is 0 Å². The Bertz CT molecular complexity index is 761. The Kier molecular flexibility index (Phi) is 5.02. The largest absolute Gasteiger partial charge is 0.467 e. The van der Waals surface area contributed by atoms with Crippen LogP contribution in [-0.2, 0) is 11.3 Å². The van der Waals surface area contributed by atoms with Gasteiger partial charge in [-0.3, -0.25) is 4.79 Å². The fraction of sp³-hybridized carbons (Fsp3) is 0.333. The zero-order valence-corrected chi connectivity index (χ0v) is 13.9. The van der Waals surface area contributed by atoms with E-state index in [2.05, 4.69) is 10.6 Å². The standard InChI is InChI=1S/C18H20FN3O3/c1-12-6-7-15(14(19)10-12)21-18(24)22-8-2-5-16(22)17(23)20-11-13-4-3-9-25-13/h3-4,6-7,9-10,16H,2,5,8,11H2,1H3,(H,20,23)(H,21,24). The number of anilines is 1. The lowest BCUT2D eigenvalue weighted by Crippen LogP contribution is -2.47. The summed E-state index contributed by atoms with van der Waals surface area (Å²) in [6, 6.07) is 7.06. The van der Waals surface area contributed by atoms with E-state index >= 15 is 0 Å². The Balaban J connectivity index is 1.61. The van der Waals surface area contributed by atoms with E-state index in [1.165, 1.54) is 23.3 Å². The van der Waals surface area contributed by atoms with Gasteiger partial charge in [0.05, 0.1) is 18.5 Å². The van der Waals surface area contributed by atoms with E-state index in [-0.39, 0.29) is 18.1 Å². The van der Waals surface area contributed by atoms with Crippen molar-refractivity contribution in [2.24, 2.45) is 0 Å². The molecule has 2 aromatic rings. The van der Waals surface area contributed by atoms with Crippen molar-refractivity contribution in [1.82, 2.24) is 10.2 Å². The van der Waals surface area contributed by atoms with Crippen molar-refractivity contribution in [1.29, 1.82) is 0 Å². The maximum Gasteiger partial charge on any atom is 0.322 e. The molecular weight excluding hydrogens is 325 g/mol. The van der Waals surface area contributed by atoms with E-state index < -0.39 is 17.9 Å². The zero-order valence-electron chi connectivity index (χ0n) is 13.9. The lowest BCUT2D eigenvalue weighted by atomic mass is 10.2. The third-order valence-corrected chi connectivity index (χ3v) is 4.20. The monoisotopic (exact) mass is 345 g/mol. The fourth-order valence-corrected chi connectivity index (χ4v) is 2.90. The molecule has 7 heteroatoms. The van der Waals surface area contributed by atoms with Gasteiger partial charge in [-0.05, 0) is 49.6 Å². The molecule has 1 fully saturated rings. The van der Waals surface area contributed by atoms with Gasteiger partial charge in [0.25, 0.3) is 0 Å². The van der Waals surface area contributed by atoms with Gasteiger partial charge in [-0.1, -0.05) is 6.07 Å². The molecule has 0 saturated carbocycles. The number of halogens is 1. The fourth-order valence-electron chi connectivity index (χ4n) is 2.90. The van der Waals surface area contributed by atoms with Crippen LogP contribution in [0.2, 0.25) is 0 Å². The van der Waals surface area contributed by atoms with Crippen molar-refractivity contribution in [3.63, 3.8) is 0 Å². The smallest absolute Gasteiger partial charge is 0.322 e. The molecule has 1 aliphatic rings. The number of furan rings is 1. The number of rotatable bonds is 4. The summed E-state index contributed by atoms with van der Waals surface area (Å²) >= 11 is 0. The maximum absolute atomic E-state index is 13.9. The topological polar surface area (TPSA) is 74.6 Å². The number of nitrogens with zero attached hydrogens (tertiary/aromatic N) is 1. The third-order valence-electron chi connectivity index (χ3n) is 4.20. The van der Waals surface area contributed by atoms with Crippen LogP contribution in [0, 0.1) is 12.7 Å². The first-order valence-electron chi connectivity index (χ1n) is 8.18. The average Bonchev–Trinajstić information content (AvgIpc) is 3.26. The molecule has 6 nitrogen and oxygen atoms in total. The summed E-state index contributed by atoms with van der Waals surface area (Å²) in [6.45, 7) is 2.50. The number of likely N-dealkylation sites (tertiary alicyclic amines) is 1. The van der Waals surface area contributed by atoms with Crippen LogP contribution < -0.4 is 10.6 Å². The third kappa shape index (κ3) is 3.99. The van der Waals surface area contributed by atoms with E-state index in [9.17, 15) is 14.0 Å². The minimum atomic E-state index is -0.566. The molecule has 1 saturated heterocycles. The summed E-state index contributed by atoms with van der Waals surface area (Å²) in [5.74, 6) is -0.0936. The summed E-state index contributed by atoms with van der Waals surface area (Å²) in [5.41, 5.74) is 0.879. The summed E-state index contributed by atoms with van der Waals surface area (Å²) < 4.78 is 19.1. The highest BCUT2D eigenvalue weighted by Crippen LogP contribution is 2.21. The van der Waals surface area contributed by atoms with Gasteiger partial charge in [0.1, 0.15) is 17.6 Å². The Morgan fingerprint density at radius 2 is 2.20 bits per heavy atom. The van der Waals surface area contributed by atoms with Gasteiger partial charge < -0.3 is 20.0 Å². The molecule has 0 radical (unpaired) electrons. The summed E-state index contributed by atoms with van der Waals surface area (Å²) in [7, 11) is 0. The van der Waals surface area contributed by atoms with E-state index in [0.29, 0.717) is 18.7 Å². The van der Waals surface area contributed by atoms with Gasteiger partial charge in [-0.25, -0.2) is 9.18 Å². The Labute approximate surface area is 145 Å². The van der Waals surface area contributed by atoms with Crippen molar-refractivity contribution in [2.45, 2.75) is 32.4 Å². The van der Waals surface area contributed by atoms with Gasteiger partial charge >= 0.3 is 6.03 Å². The second kappa shape index (κ2) is 7.38. The second-order valence-corrected chi connectivity index (χ2v) is 6.06. The van der Waals surface area contributed by atoms with Crippen molar-refractivity contribution >= 4 is 17.6 Å². The lowest BCUT2D eigenvalue weighted by Gasteiger charge is -2.24. The predicted molar refractivity (Wildman–Crippen MR) is 90.4 cm³/mol. The first-order valence-corrected chi connectivity index (χ1v) is 8.18. The molecule has 3 rings (SSSR count).